The van der Waals surface area contributed by atoms with E-state index in [0.717, 1.165) is 31.6 Å². The summed E-state index contributed by atoms with van der Waals surface area (Å²) < 4.78 is 1.78. The summed E-state index contributed by atoms with van der Waals surface area (Å²) in [7, 11) is 3.56. The van der Waals surface area contributed by atoms with E-state index in [1.165, 1.54) is 0 Å². The van der Waals surface area contributed by atoms with Gasteiger partial charge in [-0.25, -0.2) is 4.98 Å². The first-order valence-corrected chi connectivity index (χ1v) is 9.96. The van der Waals surface area contributed by atoms with Crippen LogP contribution in [0.2, 0.25) is 10.0 Å². The lowest BCUT2D eigenvalue weighted by atomic mass is 9.83. The molecule has 2 atom stereocenters. The first-order valence-electron chi connectivity index (χ1n) is 9.20. The minimum absolute atomic E-state index is 0.0616. The highest BCUT2D eigenvalue weighted by atomic mass is 35.5. The average Bonchev–Trinajstić information content (AvgIpc) is 2.63. The van der Waals surface area contributed by atoms with E-state index in [9.17, 15) is 9.59 Å². The molecular formula is C19H22Cl2N4O2. The molecule has 0 bridgehead atoms. The van der Waals surface area contributed by atoms with Gasteiger partial charge in [0.1, 0.15) is 5.82 Å². The predicted molar refractivity (Wildman–Crippen MR) is 107 cm³/mol. The van der Waals surface area contributed by atoms with Crippen molar-refractivity contribution >= 4 is 40.0 Å². The Morgan fingerprint density at radius 2 is 1.96 bits per heavy atom. The number of fused-ring (bicyclic) bond motifs is 4. The molecule has 1 amide bonds. The van der Waals surface area contributed by atoms with Gasteiger partial charge in [0.05, 0.1) is 27.5 Å². The molecule has 8 heteroatoms. The fourth-order valence-electron chi connectivity index (χ4n) is 4.32. The molecule has 1 aromatic carbocycles. The molecule has 1 saturated heterocycles. The topological polar surface area (TPSA) is 58.4 Å². The molecule has 0 N–H and O–H groups in total. The van der Waals surface area contributed by atoms with E-state index in [0.29, 0.717) is 34.0 Å². The van der Waals surface area contributed by atoms with Crippen LogP contribution in [0.25, 0.3) is 10.9 Å². The quantitative estimate of drug-likeness (QED) is 0.766. The number of piperidine rings is 1. The maximum Gasteiger partial charge on any atom is 0.261 e. The molecule has 0 aliphatic carbocycles. The predicted octanol–water partition coefficient (Wildman–Crippen LogP) is 2.74. The van der Waals surface area contributed by atoms with Crippen molar-refractivity contribution in [2.75, 3.05) is 27.2 Å². The van der Waals surface area contributed by atoms with Crippen LogP contribution in [-0.2, 0) is 11.3 Å². The van der Waals surface area contributed by atoms with Crippen molar-refractivity contribution in [1.29, 1.82) is 0 Å². The minimum atomic E-state index is -0.0616. The number of amides is 1. The molecular weight excluding hydrogens is 387 g/mol. The van der Waals surface area contributed by atoms with Gasteiger partial charge in [0.2, 0.25) is 5.91 Å². The maximum absolute atomic E-state index is 13.0. The first-order chi connectivity index (χ1) is 12.9. The number of nitrogens with zero attached hydrogens (tertiary/aromatic N) is 4. The van der Waals surface area contributed by atoms with Crippen molar-refractivity contribution in [2.24, 2.45) is 0 Å². The zero-order valence-corrected chi connectivity index (χ0v) is 16.9. The Morgan fingerprint density at radius 3 is 2.70 bits per heavy atom. The van der Waals surface area contributed by atoms with Crippen molar-refractivity contribution in [1.82, 2.24) is 19.4 Å². The van der Waals surface area contributed by atoms with Crippen LogP contribution in [-0.4, -0.2) is 58.5 Å². The summed E-state index contributed by atoms with van der Waals surface area (Å²) in [6.45, 7) is 1.92. The van der Waals surface area contributed by atoms with Crippen LogP contribution in [0.3, 0.4) is 0 Å². The van der Waals surface area contributed by atoms with Crippen LogP contribution in [0, 0.1) is 0 Å². The third-order valence-electron chi connectivity index (χ3n) is 5.74. The largest absolute Gasteiger partial charge is 0.348 e. The fourth-order valence-corrected chi connectivity index (χ4v) is 4.64. The number of hydrogen-bond acceptors (Lipinski definition) is 4. The normalized spacial score (nSPS) is 22.4. The van der Waals surface area contributed by atoms with Gasteiger partial charge >= 0.3 is 0 Å². The summed E-state index contributed by atoms with van der Waals surface area (Å²) in [5.41, 5.74) is 0.524. The number of carbonyl (C=O) groups is 1. The van der Waals surface area contributed by atoms with Crippen molar-refractivity contribution in [3.8, 4) is 0 Å². The number of rotatable bonds is 2. The Hall–Kier alpha value is -1.63. The molecule has 0 saturated carbocycles. The third kappa shape index (κ3) is 3.24. The molecule has 0 unspecified atom stereocenters. The van der Waals surface area contributed by atoms with E-state index < -0.39 is 0 Å². The Kier molecular flexibility index (Phi) is 4.91. The van der Waals surface area contributed by atoms with Crippen molar-refractivity contribution in [3.63, 3.8) is 0 Å². The van der Waals surface area contributed by atoms with E-state index in [2.05, 4.69) is 4.90 Å². The maximum atomic E-state index is 13.0. The molecule has 144 valence electrons. The lowest BCUT2D eigenvalue weighted by molar-refractivity contribution is -0.131. The molecule has 0 radical (unpaired) electrons. The Balaban J connectivity index is 1.75. The molecule has 6 nitrogen and oxygen atoms in total. The van der Waals surface area contributed by atoms with E-state index >= 15 is 0 Å². The third-order valence-corrected chi connectivity index (χ3v) is 6.46. The fraction of sp³-hybridized carbons (Fsp3) is 0.526. The molecule has 1 fully saturated rings. The lowest BCUT2D eigenvalue weighted by Gasteiger charge is -2.44. The van der Waals surface area contributed by atoms with Crippen LogP contribution < -0.4 is 5.56 Å². The molecule has 2 aliphatic heterocycles. The summed E-state index contributed by atoms with van der Waals surface area (Å²) in [5, 5.41) is 1.26. The molecule has 4 rings (SSSR count). The van der Waals surface area contributed by atoms with Crippen LogP contribution in [0.4, 0.5) is 0 Å². The van der Waals surface area contributed by atoms with Gasteiger partial charge in [0.15, 0.2) is 0 Å². The van der Waals surface area contributed by atoms with E-state index in [1.54, 1.807) is 35.7 Å². The number of aromatic nitrogens is 2. The van der Waals surface area contributed by atoms with E-state index in [4.69, 9.17) is 28.2 Å². The molecule has 3 heterocycles. The van der Waals surface area contributed by atoms with Gasteiger partial charge in [0, 0.05) is 32.6 Å². The second-order valence-corrected chi connectivity index (χ2v) is 8.39. The van der Waals surface area contributed by atoms with Crippen LogP contribution in [0.15, 0.2) is 16.9 Å². The average molecular weight is 409 g/mol. The summed E-state index contributed by atoms with van der Waals surface area (Å²) in [5.74, 6) is 1.06. The Morgan fingerprint density at radius 1 is 1.22 bits per heavy atom. The van der Waals surface area contributed by atoms with Gasteiger partial charge < -0.3 is 4.90 Å². The molecule has 27 heavy (non-hydrogen) atoms. The number of hydrogen-bond donors (Lipinski definition) is 0. The van der Waals surface area contributed by atoms with Gasteiger partial charge in [-0.05, 0) is 37.9 Å². The summed E-state index contributed by atoms with van der Waals surface area (Å²) in [4.78, 5) is 33.9. The number of halogens is 2. The number of carbonyl (C=O) groups excluding carboxylic acids is 1. The zero-order chi connectivity index (χ0) is 19.3. The monoisotopic (exact) mass is 408 g/mol. The van der Waals surface area contributed by atoms with Crippen molar-refractivity contribution < 1.29 is 4.79 Å². The Bertz CT molecular complexity index is 972. The lowest BCUT2D eigenvalue weighted by Crippen LogP contribution is -2.52. The van der Waals surface area contributed by atoms with Crippen LogP contribution >= 0.6 is 23.2 Å². The first kappa shape index (κ1) is 18.7. The van der Waals surface area contributed by atoms with Gasteiger partial charge in [0.25, 0.3) is 5.56 Å². The SMILES string of the molecule is CN(C)C(=O)CN1CCC[C@@H]2c3nc4cc(Cl)c(Cl)cc4c(=O)n3CC[C@H]21. The molecule has 1 aromatic heterocycles. The van der Waals surface area contributed by atoms with Gasteiger partial charge in [-0.1, -0.05) is 23.2 Å². The summed E-state index contributed by atoms with van der Waals surface area (Å²) in [6.07, 6.45) is 2.79. The van der Waals surface area contributed by atoms with E-state index in [1.807, 2.05) is 0 Å². The second kappa shape index (κ2) is 7.08. The minimum Gasteiger partial charge on any atom is -0.348 e. The van der Waals surface area contributed by atoms with Gasteiger partial charge in [-0.15, -0.1) is 0 Å². The molecule has 2 aliphatic rings. The molecule has 0 spiro atoms. The van der Waals surface area contributed by atoms with Gasteiger partial charge in [-0.3, -0.25) is 19.1 Å². The van der Waals surface area contributed by atoms with Gasteiger partial charge in [-0.2, -0.15) is 0 Å². The van der Waals surface area contributed by atoms with E-state index in [-0.39, 0.29) is 23.4 Å². The van der Waals surface area contributed by atoms with Crippen molar-refractivity contribution in [2.45, 2.75) is 37.8 Å². The summed E-state index contributed by atoms with van der Waals surface area (Å²) >= 11 is 12.2. The second-order valence-electron chi connectivity index (χ2n) is 7.57. The van der Waals surface area contributed by atoms with Crippen LogP contribution in [0.5, 0.6) is 0 Å². The zero-order valence-electron chi connectivity index (χ0n) is 15.4. The molecule has 2 aromatic rings. The number of benzene rings is 1. The summed E-state index contributed by atoms with van der Waals surface area (Å²) in [6, 6.07) is 3.51. The standard InChI is InChI=1S/C19H22Cl2N4O2/c1-23(2)17(26)10-24-6-3-4-11-16(24)5-7-25-18(11)22-15-9-14(21)13(20)8-12(15)19(25)27/h8-9,11,16H,3-7,10H2,1-2H3/t11-,16+/m0/s1. The smallest absolute Gasteiger partial charge is 0.261 e. The Labute approximate surface area is 167 Å². The number of likely N-dealkylation sites (N-methyl/N-ethyl adjacent to an activating group) is 1. The number of likely N-dealkylation sites (tertiary alicyclic amines) is 1. The highest BCUT2D eigenvalue weighted by Crippen LogP contribution is 2.37. The van der Waals surface area contributed by atoms with Crippen LogP contribution in [0.1, 0.15) is 31.0 Å². The van der Waals surface area contributed by atoms with Crippen molar-refractivity contribution in [3.05, 3.63) is 38.4 Å². The highest BCUT2D eigenvalue weighted by Gasteiger charge is 2.39. The highest BCUT2D eigenvalue weighted by molar-refractivity contribution is 6.42.